The smallest absolute Gasteiger partial charge is 0.264 e. The third-order valence-corrected chi connectivity index (χ3v) is 3.57. The Labute approximate surface area is 124 Å². The maximum Gasteiger partial charge on any atom is 0.270 e. The van der Waals surface area contributed by atoms with Gasteiger partial charge in [-0.25, -0.2) is 0 Å². The van der Waals surface area contributed by atoms with E-state index in [2.05, 4.69) is 4.98 Å². The van der Waals surface area contributed by atoms with E-state index in [1.54, 1.807) is 18.3 Å². The van der Waals surface area contributed by atoms with Crippen LogP contribution in [-0.2, 0) is 4.87 Å². The predicted molar refractivity (Wildman–Crippen MR) is 74.6 cm³/mol. The number of rotatable bonds is 3. The van der Waals surface area contributed by atoms with Crippen molar-refractivity contribution in [2.45, 2.75) is 4.87 Å². The zero-order valence-electron chi connectivity index (χ0n) is 9.96. The number of hydrogen-bond donors (Lipinski definition) is 0. The van der Waals surface area contributed by atoms with Gasteiger partial charge in [-0.1, -0.05) is 29.3 Å². The van der Waals surface area contributed by atoms with Crippen LogP contribution in [0.2, 0.25) is 5.02 Å². The summed E-state index contributed by atoms with van der Waals surface area (Å²) in [4.78, 5) is 12.5. The van der Waals surface area contributed by atoms with Crippen LogP contribution in [0.4, 0.5) is 5.69 Å². The Bertz CT molecular complexity index is 701. The van der Waals surface area contributed by atoms with Gasteiger partial charge in [0.05, 0.1) is 16.0 Å². The van der Waals surface area contributed by atoms with Gasteiger partial charge in [0, 0.05) is 35.7 Å². The number of nitro groups is 1. The van der Waals surface area contributed by atoms with E-state index >= 15 is 0 Å². The van der Waals surface area contributed by atoms with Crippen molar-refractivity contribution in [1.29, 1.82) is 5.26 Å². The molecule has 0 aliphatic heterocycles. The Morgan fingerprint density at radius 1 is 1.40 bits per heavy atom. The molecule has 0 N–H and O–H groups in total. The van der Waals surface area contributed by atoms with Crippen LogP contribution in [-0.4, -0.2) is 9.91 Å². The highest BCUT2D eigenvalue weighted by molar-refractivity contribution is 6.35. The monoisotopic (exact) mass is 307 g/mol. The molecule has 0 spiro atoms. The van der Waals surface area contributed by atoms with E-state index in [4.69, 9.17) is 23.2 Å². The molecule has 0 aliphatic rings. The first-order valence-electron chi connectivity index (χ1n) is 5.44. The number of nitriles is 1. The standard InChI is InChI=1S/C13H7Cl2N3O2/c14-12-6-10(18(19)20)3-4-11(12)13(15,8-16)9-2-1-5-17-7-9/h1-7H. The van der Waals surface area contributed by atoms with Gasteiger partial charge in [-0.3, -0.25) is 15.1 Å². The fourth-order valence-corrected chi connectivity index (χ4v) is 2.39. The Morgan fingerprint density at radius 2 is 2.15 bits per heavy atom. The summed E-state index contributed by atoms with van der Waals surface area (Å²) in [5.41, 5.74) is 0.559. The fourth-order valence-electron chi connectivity index (χ4n) is 1.74. The van der Waals surface area contributed by atoms with Gasteiger partial charge in [0.1, 0.15) is 0 Å². The van der Waals surface area contributed by atoms with Crippen LogP contribution in [0.1, 0.15) is 11.1 Å². The van der Waals surface area contributed by atoms with Crippen molar-refractivity contribution >= 4 is 28.9 Å². The van der Waals surface area contributed by atoms with Crippen LogP contribution < -0.4 is 0 Å². The maximum absolute atomic E-state index is 10.7. The van der Waals surface area contributed by atoms with Crippen LogP contribution in [0.15, 0.2) is 42.7 Å². The number of nitro benzene ring substituents is 1. The first kappa shape index (κ1) is 14.3. The van der Waals surface area contributed by atoms with Gasteiger partial charge in [0.2, 0.25) is 0 Å². The second kappa shape index (κ2) is 5.45. The number of nitrogens with zero attached hydrogens (tertiary/aromatic N) is 3. The second-order valence-electron chi connectivity index (χ2n) is 3.93. The van der Waals surface area contributed by atoms with E-state index in [1.807, 2.05) is 6.07 Å². The molecule has 5 nitrogen and oxygen atoms in total. The third kappa shape index (κ3) is 2.44. The van der Waals surface area contributed by atoms with E-state index in [0.717, 1.165) is 0 Å². The van der Waals surface area contributed by atoms with Crippen LogP contribution in [0, 0.1) is 21.4 Å². The maximum atomic E-state index is 10.7. The van der Waals surface area contributed by atoms with Gasteiger partial charge < -0.3 is 0 Å². The summed E-state index contributed by atoms with van der Waals surface area (Å²) < 4.78 is 0. The van der Waals surface area contributed by atoms with Crippen molar-refractivity contribution in [2.24, 2.45) is 0 Å². The van der Waals surface area contributed by atoms with E-state index < -0.39 is 9.80 Å². The lowest BCUT2D eigenvalue weighted by Crippen LogP contribution is -2.18. The highest BCUT2D eigenvalue weighted by atomic mass is 35.5. The van der Waals surface area contributed by atoms with Gasteiger partial charge in [-0.2, -0.15) is 5.26 Å². The number of hydrogen-bond acceptors (Lipinski definition) is 4. The molecule has 0 bridgehead atoms. The predicted octanol–water partition coefficient (Wildman–Crippen LogP) is 3.65. The van der Waals surface area contributed by atoms with Gasteiger partial charge in [0.25, 0.3) is 5.69 Å². The second-order valence-corrected chi connectivity index (χ2v) is 4.91. The summed E-state index contributed by atoms with van der Waals surface area (Å²) >= 11 is 12.4. The molecule has 20 heavy (non-hydrogen) atoms. The van der Waals surface area contributed by atoms with Crippen LogP contribution in [0.25, 0.3) is 0 Å². The van der Waals surface area contributed by atoms with Gasteiger partial charge in [-0.05, 0) is 12.1 Å². The van der Waals surface area contributed by atoms with Crippen molar-refractivity contribution in [1.82, 2.24) is 4.98 Å². The number of aromatic nitrogens is 1. The number of non-ortho nitro benzene ring substituents is 1. The summed E-state index contributed by atoms with van der Waals surface area (Å²) in [5.74, 6) is 0. The number of benzene rings is 1. The summed E-state index contributed by atoms with van der Waals surface area (Å²) in [6.45, 7) is 0. The van der Waals surface area contributed by atoms with E-state index in [9.17, 15) is 15.4 Å². The van der Waals surface area contributed by atoms with Crippen molar-refractivity contribution < 1.29 is 4.92 Å². The molecule has 1 aromatic heterocycles. The van der Waals surface area contributed by atoms with E-state index in [1.165, 1.54) is 24.4 Å². The quantitative estimate of drug-likeness (QED) is 0.492. The van der Waals surface area contributed by atoms with Crippen LogP contribution in [0.3, 0.4) is 0 Å². The van der Waals surface area contributed by atoms with Gasteiger partial charge >= 0.3 is 0 Å². The molecule has 1 atom stereocenters. The van der Waals surface area contributed by atoms with E-state index in [-0.39, 0.29) is 16.3 Å². The molecule has 1 unspecified atom stereocenters. The molecule has 0 amide bonds. The molecular formula is C13H7Cl2N3O2. The van der Waals surface area contributed by atoms with Crippen molar-refractivity contribution in [3.63, 3.8) is 0 Å². The zero-order valence-corrected chi connectivity index (χ0v) is 11.5. The van der Waals surface area contributed by atoms with Crippen LogP contribution >= 0.6 is 23.2 Å². The molecule has 0 radical (unpaired) electrons. The zero-order chi connectivity index (χ0) is 14.8. The summed E-state index contributed by atoms with van der Waals surface area (Å²) in [6.07, 6.45) is 3.00. The van der Waals surface area contributed by atoms with Crippen molar-refractivity contribution in [2.75, 3.05) is 0 Å². The minimum Gasteiger partial charge on any atom is -0.264 e. The summed E-state index contributed by atoms with van der Waals surface area (Å²) in [6, 6.07) is 9.06. The van der Waals surface area contributed by atoms with Gasteiger partial charge in [0.15, 0.2) is 4.87 Å². The summed E-state index contributed by atoms with van der Waals surface area (Å²) in [7, 11) is 0. The average Bonchev–Trinajstić information content (AvgIpc) is 2.47. The molecular weight excluding hydrogens is 301 g/mol. The normalized spacial score (nSPS) is 13.2. The topological polar surface area (TPSA) is 79.8 Å². The van der Waals surface area contributed by atoms with Crippen molar-refractivity contribution in [3.8, 4) is 6.07 Å². The SMILES string of the molecule is N#CC(Cl)(c1cccnc1)c1ccc([N+](=O)[O-])cc1Cl. The lowest BCUT2D eigenvalue weighted by molar-refractivity contribution is -0.384. The molecule has 100 valence electrons. The highest BCUT2D eigenvalue weighted by Crippen LogP contribution is 2.40. The minimum absolute atomic E-state index is 0.0552. The van der Waals surface area contributed by atoms with E-state index in [0.29, 0.717) is 5.56 Å². The minimum atomic E-state index is -1.54. The Morgan fingerprint density at radius 3 is 2.65 bits per heavy atom. The first-order chi connectivity index (χ1) is 9.49. The molecule has 2 rings (SSSR count). The van der Waals surface area contributed by atoms with Gasteiger partial charge in [-0.15, -0.1) is 0 Å². The molecule has 2 aromatic rings. The van der Waals surface area contributed by atoms with Crippen LogP contribution in [0.5, 0.6) is 0 Å². The number of alkyl halides is 1. The largest absolute Gasteiger partial charge is 0.270 e. The molecule has 0 saturated heterocycles. The molecule has 1 aromatic carbocycles. The molecule has 0 fully saturated rings. The molecule has 7 heteroatoms. The third-order valence-electron chi connectivity index (χ3n) is 2.75. The average molecular weight is 308 g/mol. The molecule has 1 heterocycles. The Kier molecular flexibility index (Phi) is 3.89. The Balaban J connectivity index is 2.59. The molecule has 0 saturated carbocycles. The number of pyridine rings is 1. The molecule has 0 aliphatic carbocycles. The number of halogens is 2. The lowest BCUT2D eigenvalue weighted by Gasteiger charge is -2.20. The summed E-state index contributed by atoms with van der Waals surface area (Å²) in [5, 5.41) is 20.1. The van der Waals surface area contributed by atoms with Crippen molar-refractivity contribution in [3.05, 3.63) is 69.0 Å². The fraction of sp³-hybridized carbons (Fsp3) is 0.0769. The highest BCUT2D eigenvalue weighted by Gasteiger charge is 2.35. The Hall–Kier alpha value is -2.16. The first-order valence-corrected chi connectivity index (χ1v) is 6.19. The lowest BCUT2D eigenvalue weighted by atomic mass is 9.92.